The number of rotatable bonds is 10. The predicted molar refractivity (Wildman–Crippen MR) is 153 cm³/mol. The van der Waals surface area contributed by atoms with Crippen LogP contribution in [0.15, 0.2) is 23.9 Å². The summed E-state index contributed by atoms with van der Waals surface area (Å²) >= 11 is 6.59. The molecule has 3 N–H and O–H groups in total. The van der Waals surface area contributed by atoms with E-state index in [1.54, 1.807) is 25.1 Å². The second-order valence-corrected chi connectivity index (χ2v) is 11.7. The molecule has 1 aromatic heterocycles. The Balaban J connectivity index is 1.70. The summed E-state index contributed by atoms with van der Waals surface area (Å²) in [4.78, 5) is 25.7. The Morgan fingerprint density at radius 3 is 2.56 bits per heavy atom. The number of hydrogen-bond donors (Lipinski definition) is 2. The second kappa shape index (κ2) is 12.1. The number of Topliss-reactive ketones (excluding diaryl/α,β-unsaturated/α-hetero) is 1. The fourth-order valence-electron chi connectivity index (χ4n) is 5.77. The molecular formula is C29H37ClF3N5O3. The number of alkyl halides is 3. The van der Waals surface area contributed by atoms with Crippen LogP contribution in [-0.2, 0) is 4.79 Å². The van der Waals surface area contributed by atoms with Gasteiger partial charge in [0, 0.05) is 41.9 Å². The standard InChI is InChI=1S/C29H37ClF3N5O3/c1-5-6-20(40)12-41-21-7-8-23(30)22(11-21)26-35-25(24(18(3)34)19(4)39)17(2)27(36-26)38-14-28(15-38)9-10-37(13-28)16-29(31,32)33/h7-8,11,20,40H,5-6,9-10,12-16,34H2,1-4H3/t20-/m1/s1. The van der Waals surface area contributed by atoms with Gasteiger partial charge in [0.15, 0.2) is 11.6 Å². The van der Waals surface area contributed by atoms with Gasteiger partial charge in [0.25, 0.3) is 0 Å². The van der Waals surface area contributed by atoms with Gasteiger partial charge >= 0.3 is 6.18 Å². The van der Waals surface area contributed by atoms with Crippen molar-refractivity contribution in [3.8, 4) is 17.1 Å². The van der Waals surface area contributed by atoms with E-state index >= 15 is 0 Å². The average Bonchev–Trinajstić information content (AvgIpc) is 3.26. The number of nitrogens with two attached hydrogens (primary N) is 1. The largest absolute Gasteiger partial charge is 0.491 e. The van der Waals surface area contributed by atoms with Crippen LogP contribution in [0.5, 0.6) is 5.75 Å². The first kappa shape index (κ1) is 31.1. The van der Waals surface area contributed by atoms with Crippen molar-refractivity contribution in [2.75, 3.05) is 44.2 Å². The normalized spacial score (nSPS) is 18.3. The smallest absolute Gasteiger partial charge is 0.401 e. The maximum Gasteiger partial charge on any atom is 0.401 e. The highest BCUT2D eigenvalue weighted by molar-refractivity contribution is 6.33. The van der Waals surface area contributed by atoms with Crippen LogP contribution in [-0.4, -0.2) is 77.4 Å². The van der Waals surface area contributed by atoms with E-state index in [1.165, 1.54) is 11.8 Å². The molecule has 2 aliphatic rings. The average molecular weight is 596 g/mol. The lowest BCUT2D eigenvalue weighted by atomic mass is 9.79. The van der Waals surface area contributed by atoms with Crippen LogP contribution in [0.1, 0.15) is 51.3 Å². The van der Waals surface area contributed by atoms with E-state index in [0.717, 1.165) is 6.42 Å². The third-order valence-electron chi connectivity index (χ3n) is 7.62. The van der Waals surface area contributed by atoms with Gasteiger partial charge in [-0.05, 0) is 58.4 Å². The number of ketones is 1. The topological polar surface area (TPSA) is 105 Å². The summed E-state index contributed by atoms with van der Waals surface area (Å²) < 4.78 is 44.7. The van der Waals surface area contributed by atoms with Crippen molar-refractivity contribution in [3.63, 3.8) is 0 Å². The predicted octanol–water partition coefficient (Wildman–Crippen LogP) is 5.00. The molecule has 12 heteroatoms. The van der Waals surface area contributed by atoms with Crippen LogP contribution in [0, 0.1) is 12.3 Å². The van der Waals surface area contributed by atoms with Crippen LogP contribution < -0.4 is 15.4 Å². The Kier molecular flexibility index (Phi) is 9.20. The molecular weight excluding hydrogens is 559 g/mol. The Morgan fingerprint density at radius 1 is 1.24 bits per heavy atom. The van der Waals surface area contributed by atoms with Crippen molar-refractivity contribution in [1.29, 1.82) is 0 Å². The summed E-state index contributed by atoms with van der Waals surface area (Å²) in [5.41, 5.74) is 7.95. The first-order valence-corrected chi connectivity index (χ1v) is 14.1. The molecule has 2 aliphatic heterocycles. The molecule has 0 radical (unpaired) electrons. The molecule has 3 heterocycles. The van der Waals surface area contributed by atoms with Gasteiger partial charge in [0.1, 0.15) is 18.2 Å². The van der Waals surface area contributed by atoms with Gasteiger partial charge < -0.3 is 20.5 Å². The molecule has 0 unspecified atom stereocenters. The summed E-state index contributed by atoms with van der Waals surface area (Å²) in [6.45, 7) is 7.87. The Hall–Kier alpha value is -2.89. The molecule has 2 saturated heterocycles. The molecule has 2 aromatic rings. The highest BCUT2D eigenvalue weighted by atomic mass is 35.5. The number of nitrogens with zero attached hydrogens (tertiary/aromatic N) is 4. The van der Waals surface area contributed by atoms with Crippen LogP contribution in [0.3, 0.4) is 0 Å². The third kappa shape index (κ3) is 7.13. The lowest BCUT2D eigenvalue weighted by molar-refractivity contribution is -0.144. The zero-order valence-corrected chi connectivity index (χ0v) is 24.6. The maximum absolute atomic E-state index is 13.0. The fraction of sp³-hybridized carbons (Fsp3) is 0.552. The molecule has 0 saturated carbocycles. The number of ether oxygens (including phenoxy) is 1. The van der Waals surface area contributed by atoms with E-state index in [4.69, 9.17) is 32.0 Å². The van der Waals surface area contributed by atoms with Crippen LogP contribution in [0.4, 0.5) is 19.0 Å². The Morgan fingerprint density at radius 2 is 1.95 bits per heavy atom. The van der Waals surface area contributed by atoms with Gasteiger partial charge in [-0.2, -0.15) is 13.2 Å². The van der Waals surface area contributed by atoms with Crippen molar-refractivity contribution >= 4 is 28.8 Å². The lowest BCUT2D eigenvalue weighted by Gasteiger charge is -2.49. The third-order valence-corrected chi connectivity index (χ3v) is 7.95. The van der Waals surface area contributed by atoms with Crippen molar-refractivity contribution in [2.45, 2.75) is 59.2 Å². The number of aliphatic hydroxyl groups is 1. The van der Waals surface area contributed by atoms with E-state index in [2.05, 4.69) is 0 Å². The van der Waals surface area contributed by atoms with E-state index in [1.807, 2.05) is 18.7 Å². The molecule has 41 heavy (non-hydrogen) atoms. The number of allylic oxidation sites excluding steroid dienone is 2. The number of aliphatic hydroxyl groups excluding tert-OH is 1. The van der Waals surface area contributed by atoms with Crippen LogP contribution >= 0.6 is 11.6 Å². The fourth-order valence-corrected chi connectivity index (χ4v) is 5.97. The van der Waals surface area contributed by atoms with E-state index in [-0.39, 0.29) is 29.2 Å². The number of anilines is 1. The number of benzene rings is 1. The van der Waals surface area contributed by atoms with Crippen molar-refractivity contribution in [1.82, 2.24) is 14.9 Å². The molecule has 1 spiro atoms. The SMILES string of the molecule is CCC[C@@H](O)COc1ccc(Cl)c(-c2nc(C(C(C)=O)=C(C)N)c(C)c(N3CC4(CCN(CC(F)(F)F)C4)C3)n2)c1. The molecule has 1 aromatic carbocycles. The van der Waals surface area contributed by atoms with Gasteiger partial charge in [0.2, 0.25) is 0 Å². The molecule has 2 fully saturated rings. The number of carbonyl (C=O) groups is 1. The zero-order valence-electron chi connectivity index (χ0n) is 23.8. The molecule has 4 rings (SSSR count). The monoisotopic (exact) mass is 595 g/mol. The van der Waals surface area contributed by atoms with E-state index in [0.29, 0.717) is 78.1 Å². The van der Waals surface area contributed by atoms with Crippen molar-refractivity contribution < 1.29 is 27.8 Å². The summed E-state index contributed by atoms with van der Waals surface area (Å²) in [6.07, 6.45) is -2.74. The van der Waals surface area contributed by atoms with Gasteiger partial charge in [-0.25, -0.2) is 9.97 Å². The van der Waals surface area contributed by atoms with Crippen molar-refractivity contribution in [2.24, 2.45) is 11.1 Å². The number of likely N-dealkylation sites (tertiary alicyclic amines) is 1. The van der Waals surface area contributed by atoms with E-state index < -0.39 is 18.8 Å². The number of carbonyl (C=O) groups excluding carboxylic acids is 1. The van der Waals surface area contributed by atoms with Gasteiger partial charge in [0.05, 0.1) is 28.9 Å². The Labute approximate surface area is 243 Å². The number of halogens is 4. The van der Waals surface area contributed by atoms with Crippen LogP contribution in [0.25, 0.3) is 17.0 Å². The minimum atomic E-state index is -4.23. The second-order valence-electron chi connectivity index (χ2n) is 11.3. The lowest BCUT2D eigenvalue weighted by Crippen LogP contribution is -2.58. The van der Waals surface area contributed by atoms with E-state index in [9.17, 15) is 23.1 Å². The highest BCUT2D eigenvalue weighted by Crippen LogP contribution is 2.44. The molecule has 0 amide bonds. The first-order valence-electron chi connectivity index (χ1n) is 13.7. The molecule has 0 bridgehead atoms. The summed E-state index contributed by atoms with van der Waals surface area (Å²) in [6, 6.07) is 5.04. The van der Waals surface area contributed by atoms with Crippen molar-refractivity contribution in [3.05, 3.63) is 40.2 Å². The number of hydrogen-bond acceptors (Lipinski definition) is 8. The minimum Gasteiger partial charge on any atom is -0.491 e. The summed E-state index contributed by atoms with van der Waals surface area (Å²) in [5, 5.41) is 10.4. The maximum atomic E-state index is 13.0. The first-order chi connectivity index (χ1) is 19.2. The van der Waals surface area contributed by atoms with Gasteiger partial charge in [-0.3, -0.25) is 9.69 Å². The molecule has 1 atom stereocenters. The molecule has 8 nitrogen and oxygen atoms in total. The van der Waals surface area contributed by atoms with Gasteiger partial charge in [-0.15, -0.1) is 0 Å². The molecule has 0 aliphatic carbocycles. The van der Waals surface area contributed by atoms with Crippen LogP contribution in [0.2, 0.25) is 5.02 Å². The summed E-state index contributed by atoms with van der Waals surface area (Å²) in [5.74, 6) is 1.06. The minimum absolute atomic E-state index is 0.116. The zero-order chi connectivity index (χ0) is 30.1. The molecule has 224 valence electrons. The van der Waals surface area contributed by atoms with Gasteiger partial charge in [-0.1, -0.05) is 24.9 Å². The Bertz CT molecular complexity index is 1320. The number of aromatic nitrogens is 2. The highest BCUT2D eigenvalue weighted by Gasteiger charge is 2.50. The quantitative estimate of drug-likeness (QED) is 0.370. The summed E-state index contributed by atoms with van der Waals surface area (Å²) in [7, 11) is 0.